The largest absolute Gasteiger partial charge is 0.326 e. The highest BCUT2D eigenvalue weighted by atomic mass is 15.3. The predicted octanol–water partition coefficient (Wildman–Crippen LogP) is 2.56. The van der Waals surface area contributed by atoms with Crippen molar-refractivity contribution in [3.05, 3.63) is 46.3 Å². The van der Waals surface area contributed by atoms with Crippen molar-refractivity contribution >= 4 is 0 Å². The van der Waals surface area contributed by atoms with Crippen molar-refractivity contribution in [2.24, 2.45) is 5.73 Å². The van der Waals surface area contributed by atoms with E-state index in [1.54, 1.807) is 0 Å². The minimum Gasteiger partial charge on any atom is -0.326 e. The Hall–Kier alpha value is -1.61. The Bertz CT molecular complexity index is 530. The first kappa shape index (κ1) is 11.9. The zero-order valence-corrected chi connectivity index (χ0v) is 10.9. The average molecular weight is 229 g/mol. The number of aryl methyl sites for hydroxylation is 4. The Kier molecular flexibility index (Phi) is 3.03. The molecule has 0 atom stereocenters. The minimum absolute atomic E-state index is 0.537. The second-order valence-corrected chi connectivity index (χ2v) is 4.64. The number of benzene rings is 1. The fourth-order valence-corrected chi connectivity index (χ4v) is 2.34. The third-order valence-corrected chi connectivity index (χ3v) is 3.08. The van der Waals surface area contributed by atoms with E-state index in [0.29, 0.717) is 6.54 Å². The summed E-state index contributed by atoms with van der Waals surface area (Å²) < 4.78 is 1.95. The van der Waals surface area contributed by atoms with Crippen molar-refractivity contribution in [2.45, 2.75) is 34.2 Å². The molecule has 0 aliphatic rings. The molecule has 2 rings (SSSR count). The van der Waals surface area contributed by atoms with Crippen LogP contribution in [-0.2, 0) is 6.54 Å². The summed E-state index contributed by atoms with van der Waals surface area (Å²) in [6.07, 6.45) is 2.03. The average Bonchev–Trinajstić information content (AvgIpc) is 2.57. The van der Waals surface area contributed by atoms with Crippen molar-refractivity contribution in [1.29, 1.82) is 0 Å². The first-order valence-electron chi connectivity index (χ1n) is 5.86. The Labute approximate surface area is 102 Å². The number of aromatic nitrogens is 2. The standard InChI is InChI=1S/C14H19N3/c1-9-5-10(2)14(11(3)6-9)17-8-13(7-15)12(4)16-17/h5-6,8H,7,15H2,1-4H3. The Balaban J connectivity index is 2.60. The zero-order valence-electron chi connectivity index (χ0n) is 10.9. The minimum atomic E-state index is 0.537. The van der Waals surface area contributed by atoms with Gasteiger partial charge in [0.05, 0.1) is 11.4 Å². The van der Waals surface area contributed by atoms with Crippen molar-refractivity contribution in [3.8, 4) is 5.69 Å². The van der Waals surface area contributed by atoms with Crippen LogP contribution in [0.3, 0.4) is 0 Å². The van der Waals surface area contributed by atoms with Crippen LogP contribution in [0.15, 0.2) is 18.3 Å². The molecule has 0 radical (unpaired) electrons. The SMILES string of the molecule is Cc1cc(C)c(-n2cc(CN)c(C)n2)c(C)c1. The van der Waals surface area contributed by atoms with Crippen LogP contribution in [0, 0.1) is 27.7 Å². The van der Waals surface area contributed by atoms with Gasteiger partial charge in [-0.05, 0) is 38.8 Å². The van der Waals surface area contributed by atoms with E-state index in [4.69, 9.17) is 5.73 Å². The van der Waals surface area contributed by atoms with Gasteiger partial charge >= 0.3 is 0 Å². The van der Waals surface area contributed by atoms with Gasteiger partial charge in [0.25, 0.3) is 0 Å². The molecule has 2 aromatic rings. The topological polar surface area (TPSA) is 43.8 Å². The second-order valence-electron chi connectivity index (χ2n) is 4.64. The molecule has 0 saturated carbocycles. The molecule has 0 spiro atoms. The number of nitrogens with zero attached hydrogens (tertiary/aromatic N) is 2. The molecule has 1 aromatic carbocycles. The third kappa shape index (κ3) is 2.11. The van der Waals surface area contributed by atoms with Gasteiger partial charge in [-0.3, -0.25) is 0 Å². The second kappa shape index (κ2) is 4.34. The van der Waals surface area contributed by atoms with Gasteiger partial charge in [-0.1, -0.05) is 17.7 Å². The highest BCUT2D eigenvalue weighted by Gasteiger charge is 2.09. The first-order chi connectivity index (χ1) is 8.02. The van der Waals surface area contributed by atoms with Gasteiger partial charge in [0.2, 0.25) is 0 Å². The zero-order chi connectivity index (χ0) is 12.6. The molecule has 0 saturated heterocycles. The van der Waals surface area contributed by atoms with E-state index in [1.807, 2.05) is 17.8 Å². The summed E-state index contributed by atoms with van der Waals surface area (Å²) in [5, 5.41) is 4.54. The van der Waals surface area contributed by atoms with Gasteiger partial charge in [-0.25, -0.2) is 4.68 Å². The first-order valence-corrected chi connectivity index (χ1v) is 5.86. The van der Waals surface area contributed by atoms with Gasteiger partial charge in [-0.15, -0.1) is 0 Å². The molecule has 17 heavy (non-hydrogen) atoms. The fraction of sp³-hybridized carbons (Fsp3) is 0.357. The van der Waals surface area contributed by atoms with E-state index >= 15 is 0 Å². The summed E-state index contributed by atoms with van der Waals surface area (Å²) >= 11 is 0. The molecule has 0 aliphatic carbocycles. The van der Waals surface area contributed by atoms with Gasteiger partial charge in [0.15, 0.2) is 0 Å². The van der Waals surface area contributed by atoms with Crippen LogP contribution in [0.5, 0.6) is 0 Å². The van der Waals surface area contributed by atoms with Gasteiger partial charge in [0.1, 0.15) is 0 Å². The molecule has 2 N–H and O–H groups in total. The molecule has 3 nitrogen and oxygen atoms in total. The molecule has 0 amide bonds. The molecule has 90 valence electrons. The molecule has 0 bridgehead atoms. The van der Waals surface area contributed by atoms with Crippen molar-refractivity contribution < 1.29 is 0 Å². The van der Waals surface area contributed by atoms with E-state index in [-0.39, 0.29) is 0 Å². The lowest BCUT2D eigenvalue weighted by Crippen LogP contribution is -2.01. The molecular weight excluding hydrogens is 210 g/mol. The lowest BCUT2D eigenvalue weighted by Gasteiger charge is -2.11. The molecule has 0 unspecified atom stereocenters. The Morgan fingerprint density at radius 3 is 2.18 bits per heavy atom. The molecule has 0 fully saturated rings. The summed E-state index contributed by atoms with van der Waals surface area (Å²) in [5.41, 5.74) is 12.7. The predicted molar refractivity (Wildman–Crippen MR) is 70.4 cm³/mol. The summed E-state index contributed by atoms with van der Waals surface area (Å²) in [4.78, 5) is 0. The van der Waals surface area contributed by atoms with Crippen LogP contribution in [0.4, 0.5) is 0 Å². The van der Waals surface area contributed by atoms with E-state index in [1.165, 1.54) is 22.4 Å². The number of hydrogen-bond donors (Lipinski definition) is 1. The van der Waals surface area contributed by atoms with Crippen molar-refractivity contribution in [2.75, 3.05) is 0 Å². The van der Waals surface area contributed by atoms with Crippen LogP contribution in [-0.4, -0.2) is 9.78 Å². The molecule has 1 heterocycles. The van der Waals surface area contributed by atoms with Gasteiger partial charge in [-0.2, -0.15) is 5.10 Å². The summed E-state index contributed by atoms with van der Waals surface area (Å²) in [6.45, 7) is 8.89. The van der Waals surface area contributed by atoms with E-state index in [0.717, 1.165) is 11.3 Å². The van der Waals surface area contributed by atoms with Crippen LogP contribution in [0.1, 0.15) is 27.9 Å². The van der Waals surface area contributed by atoms with Crippen LogP contribution < -0.4 is 5.73 Å². The lowest BCUT2D eigenvalue weighted by molar-refractivity contribution is 0.848. The van der Waals surface area contributed by atoms with E-state index in [9.17, 15) is 0 Å². The van der Waals surface area contributed by atoms with Crippen LogP contribution in [0.2, 0.25) is 0 Å². The highest BCUT2D eigenvalue weighted by Crippen LogP contribution is 2.21. The van der Waals surface area contributed by atoms with Crippen LogP contribution in [0.25, 0.3) is 5.69 Å². The van der Waals surface area contributed by atoms with E-state index in [2.05, 4.69) is 38.0 Å². The smallest absolute Gasteiger partial charge is 0.0704 e. The fourth-order valence-electron chi connectivity index (χ4n) is 2.34. The normalized spacial score (nSPS) is 10.9. The monoisotopic (exact) mass is 229 g/mol. The quantitative estimate of drug-likeness (QED) is 0.860. The number of hydrogen-bond acceptors (Lipinski definition) is 2. The maximum atomic E-state index is 5.69. The number of rotatable bonds is 2. The maximum absolute atomic E-state index is 5.69. The molecule has 3 heteroatoms. The number of nitrogens with two attached hydrogens (primary N) is 1. The summed E-state index contributed by atoms with van der Waals surface area (Å²) in [5.74, 6) is 0. The molecule has 1 aromatic heterocycles. The lowest BCUT2D eigenvalue weighted by atomic mass is 10.1. The summed E-state index contributed by atoms with van der Waals surface area (Å²) in [6, 6.07) is 4.36. The third-order valence-electron chi connectivity index (χ3n) is 3.08. The Morgan fingerprint density at radius 2 is 1.71 bits per heavy atom. The van der Waals surface area contributed by atoms with Crippen LogP contribution >= 0.6 is 0 Å². The van der Waals surface area contributed by atoms with Crippen molar-refractivity contribution in [3.63, 3.8) is 0 Å². The Morgan fingerprint density at radius 1 is 1.12 bits per heavy atom. The van der Waals surface area contributed by atoms with Gasteiger partial charge < -0.3 is 5.73 Å². The maximum Gasteiger partial charge on any atom is 0.0704 e. The van der Waals surface area contributed by atoms with Gasteiger partial charge in [0, 0.05) is 18.3 Å². The molecular formula is C14H19N3. The van der Waals surface area contributed by atoms with E-state index < -0.39 is 0 Å². The molecule has 0 aliphatic heterocycles. The highest BCUT2D eigenvalue weighted by molar-refractivity contribution is 5.49. The van der Waals surface area contributed by atoms with Crippen molar-refractivity contribution in [1.82, 2.24) is 9.78 Å². The summed E-state index contributed by atoms with van der Waals surface area (Å²) in [7, 11) is 0.